The Kier molecular flexibility index (Phi) is 3.26. The fraction of sp³-hybridized carbons (Fsp3) is 0.375. The van der Waals surface area contributed by atoms with Crippen LogP contribution in [0.15, 0.2) is 18.2 Å². The fourth-order valence-electron chi connectivity index (χ4n) is 2.80. The number of benzene rings is 1. The summed E-state index contributed by atoms with van der Waals surface area (Å²) in [6.07, 6.45) is 3.24. The summed E-state index contributed by atoms with van der Waals surface area (Å²) < 4.78 is 10.6. The number of ether oxygens (including phenoxy) is 2. The molecule has 0 radical (unpaired) electrons. The molecule has 2 aromatic rings. The lowest BCUT2D eigenvalue weighted by atomic mass is 9.93. The van der Waals surface area contributed by atoms with Crippen molar-refractivity contribution in [2.24, 2.45) is 5.92 Å². The highest BCUT2D eigenvalue weighted by Crippen LogP contribution is 2.34. The molecule has 1 N–H and O–H groups in total. The van der Waals surface area contributed by atoms with Crippen LogP contribution < -0.4 is 14.8 Å². The highest BCUT2D eigenvalue weighted by Gasteiger charge is 2.21. The fourth-order valence-corrected chi connectivity index (χ4v) is 3.97. The summed E-state index contributed by atoms with van der Waals surface area (Å²) in [5.74, 6) is 1.82. The highest BCUT2D eigenvalue weighted by molar-refractivity contribution is 7.15. The van der Waals surface area contributed by atoms with Crippen LogP contribution in [-0.2, 0) is 12.8 Å². The number of fused-ring (bicyclic) bond motifs is 2. The van der Waals surface area contributed by atoms with Crippen LogP contribution in [0.1, 0.15) is 34.3 Å². The third kappa shape index (κ3) is 2.43. The Morgan fingerprint density at radius 1 is 1.36 bits per heavy atom. The van der Waals surface area contributed by atoms with Crippen LogP contribution in [0.25, 0.3) is 0 Å². The molecule has 0 spiro atoms. The molecule has 0 bridgehead atoms. The topological polar surface area (TPSA) is 60.5 Å². The lowest BCUT2D eigenvalue weighted by molar-refractivity contribution is 0.102. The first-order valence-electron chi connectivity index (χ1n) is 7.38. The van der Waals surface area contributed by atoms with Gasteiger partial charge >= 0.3 is 0 Å². The Hall–Kier alpha value is -2.08. The van der Waals surface area contributed by atoms with Crippen molar-refractivity contribution in [1.29, 1.82) is 0 Å². The molecule has 0 fully saturated rings. The Bertz CT molecular complexity index is 741. The van der Waals surface area contributed by atoms with Crippen molar-refractivity contribution in [3.05, 3.63) is 34.3 Å². The van der Waals surface area contributed by atoms with Gasteiger partial charge in [-0.2, -0.15) is 0 Å². The molecular weight excluding hydrogens is 300 g/mol. The van der Waals surface area contributed by atoms with Crippen molar-refractivity contribution in [1.82, 2.24) is 4.98 Å². The monoisotopic (exact) mass is 316 g/mol. The largest absolute Gasteiger partial charge is 0.454 e. The van der Waals surface area contributed by atoms with Gasteiger partial charge in [0.1, 0.15) is 0 Å². The maximum absolute atomic E-state index is 12.4. The van der Waals surface area contributed by atoms with Crippen LogP contribution in [0.5, 0.6) is 11.5 Å². The first-order chi connectivity index (χ1) is 10.7. The van der Waals surface area contributed by atoms with Gasteiger partial charge in [-0.1, -0.05) is 6.92 Å². The number of carbonyl (C=O) groups excluding carboxylic acids is 1. The van der Waals surface area contributed by atoms with Gasteiger partial charge in [0.25, 0.3) is 5.91 Å². The Morgan fingerprint density at radius 3 is 3.14 bits per heavy atom. The number of nitrogens with zero attached hydrogens (tertiary/aromatic N) is 1. The van der Waals surface area contributed by atoms with Gasteiger partial charge < -0.3 is 9.47 Å². The molecule has 6 heteroatoms. The van der Waals surface area contributed by atoms with Crippen molar-refractivity contribution < 1.29 is 14.3 Å². The number of hydrogen-bond donors (Lipinski definition) is 1. The maximum atomic E-state index is 12.4. The Balaban J connectivity index is 1.52. The summed E-state index contributed by atoms with van der Waals surface area (Å²) >= 11 is 1.59. The van der Waals surface area contributed by atoms with Gasteiger partial charge in [0.15, 0.2) is 16.6 Å². The molecule has 1 aromatic heterocycles. The maximum Gasteiger partial charge on any atom is 0.257 e. The van der Waals surface area contributed by atoms with E-state index in [0.717, 1.165) is 18.5 Å². The molecular formula is C16H16N2O3S. The standard InChI is InChI=1S/C16H16N2O3S/c1-9-2-4-11-14(6-9)22-16(17-11)18-15(19)10-3-5-12-13(7-10)21-8-20-12/h3,5,7,9H,2,4,6,8H2,1H3,(H,17,18,19)/t9-/m0/s1. The third-order valence-corrected chi connectivity index (χ3v) is 5.08. The average molecular weight is 316 g/mol. The van der Waals surface area contributed by atoms with E-state index >= 15 is 0 Å². The smallest absolute Gasteiger partial charge is 0.257 e. The molecule has 1 aliphatic heterocycles. The number of rotatable bonds is 2. The third-order valence-electron chi connectivity index (χ3n) is 4.04. The minimum atomic E-state index is -0.169. The van der Waals surface area contributed by atoms with Gasteiger partial charge in [-0.05, 0) is 43.4 Å². The first kappa shape index (κ1) is 13.6. The van der Waals surface area contributed by atoms with Crippen molar-refractivity contribution >= 4 is 22.4 Å². The summed E-state index contributed by atoms with van der Waals surface area (Å²) in [7, 11) is 0. The quantitative estimate of drug-likeness (QED) is 0.924. The summed E-state index contributed by atoms with van der Waals surface area (Å²) in [4.78, 5) is 18.2. The molecule has 1 amide bonds. The lowest BCUT2D eigenvalue weighted by Crippen LogP contribution is -2.12. The van der Waals surface area contributed by atoms with Crippen LogP contribution in [-0.4, -0.2) is 17.7 Å². The highest BCUT2D eigenvalue weighted by atomic mass is 32.1. The van der Waals surface area contributed by atoms with Crippen molar-refractivity contribution in [2.45, 2.75) is 26.2 Å². The first-order valence-corrected chi connectivity index (χ1v) is 8.20. The van der Waals surface area contributed by atoms with E-state index in [4.69, 9.17) is 9.47 Å². The number of aryl methyl sites for hydroxylation is 1. The number of aromatic nitrogens is 1. The minimum absolute atomic E-state index is 0.169. The second-order valence-corrected chi connectivity index (χ2v) is 6.84. The van der Waals surface area contributed by atoms with Crippen LogP contribution in [0.3, 0.4) is 0 Å². The Labute approximate surface area is 132 Å². The molecule has 0 saturated heterocycles. The number of hydrogen-bond acceptors (Lipinski definition) is 5. The SMILES string of the molecule is C[C@H]1CCc2nc(NC(=O)c3ccc4c(c3)OCO4)sc2C1. The number of amides is 1. The van der Waals surface area contributed by atoms with Crippen molar-refractivity contribution in [3.63, 3.8) is 0 Å². The minimum Gasteiger partial charge on any atom is -0.454 e. The van der Waals surface area contributed by atoms with Crippen LogP contribution >= 0.6 is 11.3 Å². The van der Waals surface area contributed by atoms with Crippen molar-refractivity contribution in [3.8, 4) is 11.5 Å². The lowest BCUT2D eigenvalue weighted by Gasteiger charge is -2.15. The van der Waals surface area contributed by atoms with Crippen LogP contribution in [0.4, 0.5) is 5.13 Å². The predicted octanol–water partition coefficient (Wildman–Crippen LogP) is 3.25. The van der Waals surface area contributed by atoms with E-state index in [1.165, 1.54) is 11.3 Å². The summed E-state index contributed by atoms with van der Waals surface area (Å²) in [5.41, 5.74) is 1.69. The van der Waals surface area contributed by atoms with Gasteiger partial charge in [0.2, 0.25) is 6.79 Å². The molecule has 22 heavy (non-hydrogen) atoms. The number of anilines is 1. The molecule has 4 rings (SSSR count). The van der Waals surface area contributed by atoms with E-state index in [-0.39, 0.29) is 12.7 Å². The number of carbonyl (C=O) groups is 1. The van der Waals surface area contributed by atoms with E-state index in [2.05, 4.69) is 17.2 Å². The zero-order chi connectivity index (χ0) is 15.1. The number of thiazole rings is 1. The molecule has 1 atom stereocenters. The Morgan fingerprint density at radius 2 is 2.23 bits per heavy atom. The summed E-state index contributed by atoms with van der Waals surface area (Å²) in [5, 5.41) is 3.58. The van der Waals surface area contributed by atoms with Crippen LogP contribution in [0, 0.1) is 5.92 Å². The zero-order valence-corrected chi connectivity index (χ0v) is 13.0. The predicted molar refractivity (Wildman–Crippen MR) is 83.8 cm³/mol. The molecule has 2 heterocycles. The van der Waals surface area contributed by atoms with Crippen molar-refractivity contribution in [2.75, 3.05) is 12.1 Å². The molecule has 114 valence electrons. The number of nitrogens with one attached hydrogen (secondary N) is 1. The van der Waals surface area contributed by atoms with Gasteiger partial charge in [-0.25, -0.2) is 4.98 Å². The summed E-state index contributed by atoms with van der Waals surface area (Å²) in [6, 6.07) is 5.19. The average Bonchev–Trinajstić information content (AvgIpc) is 3.11. The van der Waals surface area contributed by atoms with E-state index < -0.39 is 0 Å². The molecule has 1 aliphatic carbocycles. The second-order valence-electron chi connectivity index (χ2n) is 5.76. The molecule has 0 unspecified atom stereocenters. The molecule has 2 aliphatic rings. The zero-order valence-electron chi connectivity index (χ0n) is 12.2. The van der Waals surface area contributed by atoms with E-state index in [9.17, 15) is 4.79 Å². The molecule has 1 aromatic carbocycles. The summed E-state index contributed by atoms with van der Waals surface area (Å²) in [6.45, 7) is 2.46. The van der Waals surface area contributed by atoms with Gasteiger partial charge in [0.05, 0.1) is 5.69 Å². The van der Waals surface area contributed by atoms with Gasteiger partial charge in [-0.15, -0.1) is 11.3 Å². The van der Waals surface area contributed by atoms with E-state index in [1.54, 1.807) is 29.5 Å². The van der Waals surface area contributed by atoms with Gasteiger partial charge in [-0.3, -0.25) is 10.1 Å². The molecule has 5 nitrogen and oxygen atoms in total. The van der Waals surface area contributed by atoms with E-state index in [0.29, 0.717) is 28.1 Å². The second kappa shape index (κ2) is 5.28. The van der Waals surface area contributed by atoms with Crippen LogP contribution in [0.2, 0.25) is 0 Å². The van der Waals surface area contributed by atoms with E-state index in [1.807, 2.05) is 0 Å². The van der Waals surface area contributed by atoms with Gasteiger partial charge in [0, 0.05) is 10.4 Å². The normalized spacial score (nSPS) is 18.9. The molecule has 0 saturated carbocycles.